The number of hydrogen-bond donors (Lipinski definition) is 2. The van der Waals surface area contributed by atoms with Crippen LogP contribution in [0.1, 0.15) is 144 Å². The fourth-order valence-electron chi connectivity index (χ4n) is 17.9. The maximum Gasteiger partial charge on any atom is 0.332 e. The van der Waals surface area contributed by atoms with Crippen molar-refractivity contribution in [3.8, 4) is 0 Å². The Morgan fingerprint density at radius 1 is 0.500 bits per heavy atom. The van der Waals surface area contributed by atoms with Gasteiger partial charge < -0.3 is 58.0 Å². The molecule has 8 aliphatic rings. The molecule has 100 heavy (non-hydrogen) atoms. The lowest BCUT2D eigenvalue weighted by atomic mass is 9.44. The van der Waals surface area contributed by atoms with Gasteiger partial charge in [0.15, 0.2) is 47.3 Å². The third-order valence-corrected chi connectivity index (χ3v) is 22.3. The van der Waals surface area contributed by atoms with Crippen molar-refractivity contribution < 1.29 is 130 Å². The molecule has 0 bridgehead atoms. The highest BCUT2D eigenvalue weighted by Gasteiger charge is 2.79. The third-order valence-electron chi connectivity index (χ3n) is 22.3. The lowest BCUT2D eigenvalue weighted by Gasteiger charge is -2.62. The molecular weight excluding hydrogens is 1340 g/mol. The zero-order valence-corrected chi connectivity index (χ0v) is 56.4. The van der Waals surface area contributed by atoms with Gasteiger partial charge in [-0.25, -0.2) is 13.6 Å². The van der Waals surface area contributed by atoms with Crippen LogP contribution in [0.15, 0.2) is 47.6 Å². The molecule has 8 aliphatic carbocycles. The van der Waals surface area contributed by atoms with Crippen LogP contribution in [0.2, 0.25) is 0 Å². The van der Waals surface area contributed by atoms with Gasteiger partial charge in [0.25, 0.3) is 20.3 Å². The number of Topliss-reactive ketones (excluding diaryl/α,β-unsaturated/α-hetero) is 3. The minimum Gasteiger partial charge on any atom is -0.457 e. The zero-order chi connectivity index (χ0) is 74.0. The highest BCUT2D eigenvalue weighted by atomic mass is 19.1. The summed E-state index contributed by atoms with van der Waals surface area (Å²) in [6, 6.07) is 0. The molecule has 6 saturated carbocycles. The monoisotopic (exact) mass is 1420 g/mol. The molecule has 6 fully saturated rings. The predicted molar refractivity (Wildman–Crippen MR) is 331 cm³/mol. The molecule has 0 aromatic rings. The summed E-state index contributed by atoms with van der Waals surface area (Å²) in [5.41, 5.74) is -12.5. The van der Waals surface area contributed by atoms with E-state index in [4.69, 9.17) is 28.4 Å². The smallest absolute Gasteiger partial charge is 0.332 e. The van der Waals surface area contributed by atoms with Gasteiger partial charge in [0, 0.05) is 71.0 Å². The highest BCUT2D eigenvalue weighted by molar-refractivity contribution is 6.02. The summed E-state index contributed by atoms with van der Waals surface area (Å²) in [7, 11) is 0. The zero-order valence-electron chi connectivity index (χ0n) is 56.4. The Kier molecular flexibility index (Phi) is 25.4. The number of alkyl halides is 2. The maximum atomic E-state index is 17.7. The molecule has 0 heterocycles. The number of allylic oxidation sites excluding steroid dienone is 8. The van der Waals surface area contributed by atoms with Gasteiger partial charge in [0.1, 0.15) is 19.0 Å². The Morgan fingerprint density at radius 3 is 1.30 bits per heavy atom. The Hall–Kier alpha value is -8.31. The Morgan fingerprint density at radius 2 is 0.880 bits per heavy atom. The lowest BCUT2D eigenvalue weighted by Crippen LogP contribution is -2.70. The van der Waals surface area contributed by atoms with E-state index in [9.17, 15) is 93.8 Å². The molecule has 16 atom stereocenters. The number of esters is 4. The molecule has 0 aromatic heterocycles. The summed E-state index contributed by atoms with van der Waals surface area (Å²) in [6.45, 7) is 6.14. The Labute approximate surface area is 571 Å². The number of rotatable bonds is 35. The lowest BCUT2D eigenvalue weighted by molar-refractivity contribution is -0.758. The van der Waals surface area contributed by atoms with Crippen molar-refractivity contribution in [1.82, 2.24) is 0 Å². The van der Waals surface area contributed by atoms with E-state index in [1.807, 2.05) is 0 Å². The molecular formula is C65H86F2N4O29. The van der Waals surface area contributed by atoms with E-state index in [1.54, 1.807) is 41.5 Å². The van der Waals surface area contributed by atoms with E-state index in [0.29, 0.717) is 24.0 Å². The summed E-state index contributed by atoms with van der Waals surface area (Å²) >= 11 is 0. The SMILES string of the molecule is C[C@H]1CC2C3CCC4=CC(=O)C=C[C@]4(C)[C@@]3(F)[C@@H](O)C[C@]2(C)[C@@]1(OC(=O)CCCO[N+](=O)[O-])C(=O)COC(=O)CCC(=O)CCCO[N+](=O)[O-].C[C@H]1CC2C3CCC4=CC(=O)C=C[C@]4(C)[C@@]3(F)[C@@H](O)C[C@]2(C)[C@@]1(OC(=O)CCCO[N+](=O)[O-])C(=O)COC(=O)COCCOCCO[N+](=O)[O-]. The molecule has 0 aliphatic heterocycles. The molecule has 35 heteroatoms. The van der Waals surface area contributed by atoms with Gasteiger partial charge in [-0.2, -0.15) is 0 Å². The van der Waals surface area contributed by atoms with Crippen LogP contribution < -0.4 is 0 Å². The molecule has 0 saturated heterocycles. The molecule has 2 N–H and O–H groups in total. The van der Waals surface area contributed by atoms with Crippen LogP contribution in [-0.4, -0.2) is 184 Å². The number of aliphatic hydroxyl groups excluding tert-OH is 2. The van der Waals surface area contributed by atoms with Crippen LogP contribution in [0.25, 0.3) is 0 Å². The summed E-state index contributed by atoms with van der Waals surface area (Å²) in [5, 5.41) is 61.0. The molecule has 0 aromatic carbocycles. The number of ether oxygens (including phenoxy) is 6. The average Bonchev–Trinajstić information content (AvgIpc) is 1.41. The average molecular weight is 1430 g/mol. The number of halogens is 2. The molecule has 0 spiro atoms. The summed E-state index contributed by atoms with van der Waals surface area (Å²) in [5.74, 6) is -10.4. The van der Waals surface area contributed by atoms with Crippen LogP contribution in [0.5, 0.6) is 0 Å². The van der Waals surface area contributed by atoms with Gasteiger partial charge >= 0.3 is 23.9 Å². The van der Waals surface area contributed by atoms with E-state index in [2.05, 4.69) is 19.4 Å². The van der Waals surface area contributed by atoms with Crippen LogP contribution >= 0.6 is 0 Å². The van der Waals surface area contributed by atoms with Gasteiger partial charge in [-0.1, -0.05) is 51.0 Å². The minimum absolute atomic E-state index is 0.0156. The molecule has 0 amide bonds. The van der Waals surface area contributed by atoms with Crippen molar-refractivity contribution in [3.63, 3.8) is 0 Å². The number of fused-ring (bicyclic) bond motifs is 10. The first-order valence-electron chi connectivity index (χ1n) is 33.1. The van der Waals surface area contributed by atoms with Crippen molar-refractivity contribution in [3.05, 3.63) is 88.1 Å². The quantitative estimate of drug-likeness (QED) is 0.0258. The largest absolute Gasteiger partial charge is 0.457 e. The first kappa shape index (κ1) is 79.0. The molecule has 0 radical (unpaired) electrons. The van der Waals surface area contributed by atoms with Gasteiger partial charge in [0.2, 0.25) is 11.6 Å². The van der Waals surface area contributed by atoms with Crippen LogP contribution in [0.3, 0.4) is 0 Å². The highest BCUT2D eigenvalue weighted by Crippen LogP contribution is 2.73. The topological polar surface area (TPSA) is 459 Å². The number of nitrogens with zero attached hydrogens (tertiary/aromatic N) is 4. The van der Waals surface area contributed by atoms with Crippen LogP contribution in [0.4, 0.5) is 8.78 Å². The fraction of sp³-hybridized carbons (Fsp3) is 0.738. The van der Waals surface area contributed by atoms with Crippen LogP contribution in [-0.2, 0) is 90.9 Å². The van der Waals surface area contributed by atoms with Crippen molar-refractivity contribution in [2.24, 2.45) is 57.2 Å². The van der Waals surface area contributed by atoms with Crippen molar-refractivity contribution >= 4 is 52.8 Å². The van der Waals surface area contributed by atoms with Gasteiger partial charge in [-0.15, -0.1) is 40.5 Å². The second-order valence-electron chi connectivity index (χ2n) is 27.6. The summed E-state index contributed by atoms with van der Waals surface area (Å²) in [6.07, 6.45) is 4.58. The first-order chi connectivity index (χ1) is 46.9. The maximum absolute atomic E-state index is 17.7. The number of ketones is 5. The Balaban J connectivity index is 0.000000281. The van der Waals surface area contributed by atoms with Crippen molar-refractivity contribution in [1.29, 1.82) is 0 Å². The molecule has 4 unspecified atom stereocenters. The summed E-state index contributed by atoms with van der Waals surface area (Å²) < 4.78 is 68.1. The standard InChI is InChI=1S/C33H43FN2O14.C32H43FN2O15/c1-20-16-25-24-10-8-21-17-23(38)12-13-30(21,2)32(24,34)26(39)18-31(25,3)33(20,50-29(42)7-5-15-49-36(45)46)27(40)19-47-28(41)11-9-22(37)6-4-14-48-35(43)44;1-20-15-24-23-7-6-21-16-22(36)8-9-29(21,2)31(23,33)25(37)17-30(24,3)32(20,50-27(39)5-4-10-48-34(41)42)26(38)18-47-28(40)19-46-12-11-45-13-14-49-35(43)44/h12-13,17,20,24-26,39H,4-11,14-16,18-19H2,1-3H3;8-9,16,20,23-25,37H,4-7,10-15,17-19H2,1-3H3/t20-,24?,25?,26-,30-,31-,32-,33-;20-,23?,24?,25-,29-,30-,31-,32-/m00/s1. The van der Waals surface area contributed by atoms with Gasteiger partial charge in [-0.3, -0.25) is 38.4 Å². The van der Waals surface area contributed by atoms with E-state index in [0.717, 1.165) is 0 Å². The minimum atomic E-state index is -2.23. The van der Waals surface area contributed by atoms with Crippen molar-refractivity contribution in [2.75, 3.05) is 66.1 Å². The normalized spacial score (nSPS) is 34.0. The van der Waals surface area contributed by atoms with Crippen molar-refractivity contribution in [2.45, 2.75) is 179 Å². The fourth-order valence-corrected chi connectivity index (χ4v) is 17.9. The second-order valence-corrected chi connectivity index (χ2v) is 27.6. The van der Waals surface area contributed by atoms with Crippen LogP contribution in [0, 0.1) is 97.6 Å². The molecule has 33 nitrogen and oxygen atoms in total. The second kappa shape index (κ2) is 32.1. The van der Waals surface area contributed by atoms with E-state index < -0.39 is 187 Å². The number of hydrogen-bond acceptors (Lipinski definition) is 29. The number of aliphatic hydroxyl groups is 2. The Bertz CT molecular complexity index is 3330. The van der Waals surface area contributed by atoms with E-state index >= 15 is 8.78 Å². The van der Waals surface area contributed by atoms with E-state index in [1.165, 1.54) is 36.5 Å². The predicted octanol–water partition coefficient (Wildman–Crippen LogP) is 5.55. The first-order valence-corrected chi connectivity index (χ1v) is 33.1. The van der Waals surface area contributed by atoms with Gasteiger partial charge in [0.05, 0.1) is 58.3 Å². The summed E-state index contributed by atoms with van der Waals surface area (Å²) in [4.78, 5) is 175. The number of carbonyl (C=O) groups excluding carboxylic acids is 9. The molecule has 554 valence electrons. The third kappa shape index (κ3) is 15.6. The van der Waals surface area contributed by atoms with E-state index in [-0.39, 0.29) is 134 Å². The molecule has 8 rings (SSSR count). The number of carbonyl (C=O) groups is 9. The van der Waals surface area contributed by atoms with Gasteiger partial charge in [-0.05, 0) is 121 Å².